The van der Waals surface area contributed by atoms with Crippen LogP contribution in [0.15, 0.2) is 0 Å². The van der Waals surface area contributed by atoms with Crippen molar-refractivity contribution in [1.29, 1.82) is 0 Å². The lowest BCUT2D eigenvalue weighted by Crippen LogP contribution is -1.97. The Morgan fingerprint density at radius 2 is 1.57 bits per heavy atom. The molecule has 0 aliphatic heterocycles. The first-order valence-electron chi connectivity index (χ1n) is 1.43. The van der Waals surface area contributed by atoms with Gasteiger partial charge in [-0.1, -0.05) is 0 Å². The van der Waals surface area contributed by atoms with E-state index in [2.05, 4.69) is 9.47 Å². The second kappa shape index (κ2) is 5.20. The summed E-state index contributed by atoms with van der Waals surface area (Å²) in [5.74, 6) is 0. The standard InChI is InChI=1S/C3H6O3.FH/c1-5-3(4)6-2;/h1-2H3;1H. The molecule has 0 unspecified atom stereocenters. The van der Waals surface area contributed by atoms with Gasteiger partial charge < -0.3 is 9.47 Å². The first kappa shape index (κ1) is 9.50. The fourth-order valence-corrected chi connectivity index (χ4v) is 0.0833. The Morgan fingerprint density at radius 3 is 1.57 bits per heavy atom. The molecule has 7 heavy (non-hydrogen) atoms. The number of methoxy groups -OCH3 is 2. The van der Waals surface area contributed by atoms with Gasteiger partial charge in [0.25, 0.3) is 0 Å². The number of carbonyl (C=O) groups excluding carboxylic acids is 1. The first-order chi connectivity index (χ1) is 2.81. The third-order valence-electron chi connectivity index (χ3n) is 0.333. The van der Waals surface area contributed by atoms with Crippen LogP contribution in [0.3, 0.4) is 0 Å². The van der Waals surface area contributed by atoms with Crippen LogP contribution in [0.2, 0.25) is 0 Å². The Balaban J connectivity index is 0. The topological polar surface area (TPSA) is 35.5 Å². The maximum atomic E-state index is 9.74. The van der Waals surface area contributed by atoms with Crippen molar-refractivity contribution in [2.75, 3.05) is 14.2 Å². The van der Waals surface area contributed by atoms with Gasteiger partial charge in [0, 0.05) is 0 Å². The number of rotatable bonds is 0. The Labute approximate surface area is 40.6 Å². The van der Waals surface area contributed by atoms with Crippen LogP contribution in [-0.2, 0) is 9.47 Å². The maximum absolute atomic E-state index is 9.74. The zero-order chi connectivity index (χ0) is 4.99. The summed E-state index contributed by atoms with van der Waals surface area (Å²) in [4.78, 5) is 9.74. The monoisotopic (exact) mass is 110 g/mol. The summed E-state index contributed by atoms with van der Waals surface area (Å²) < 4.78 is 8.08. The Bertz CT molecular complexity index is 48.1. The Kier molecular flexibility index (Phi) is 7.06. The van der Waals surface area contributed by atoms with Crippen molar-refractivity contribution < 1.29 is 19.0 Å². The molecule has 0 atom stereocenters. The lowest BCUT2D eigenvalue weighted by atomic mass is 11.3. The molecule has 0 saturated heterocycles. The minimum Gasteiger partial charge on any atom is -0.438 e. The molecule has 0 aromatic rings. The number of ether oxygens (including phenoxy) is 2. The highest BCUT2D eigenvalue weighted by molar-refractivity contribution is 5.59. The van der Waals surface area contributed by atoms with E-state index in [1.54, 1.807) is 0 Å². The van der Waals surface area contributed by atoms with Gasteiger partial charge in [-0.3, -0.25) is 4.70 Å². The predicted molar refractivity (Wildman–Crippen MR) is 21.9 cm³/mol. The van der Waals surface area contributed by atoms with E-state index in [4.69, 9.17) is 0 Å². The highest BCUT2D eigenvalue weighted by Crippen LogP contribution is 1.72. The van der Waals surface area contributed by atoms with E-state index in [0.29, 0.717) is 0 Å². The number of hydrogen-bond donors (Lipinski definition) is 0. The zero-order valence-corrected chi connectivity index (χ0v) is 4.13. The van der Waals surface area contributed by atoms with E-state index in [-0.39, 0.29) is 4.70 Å². The van der Waals surface area contributed by atoms with E-state index in [9.17, 15) is 4.79 Å². The maximum Gasteiger partial charge on any atom is 0.507 e. The van der Waals surface area contributed by atoms with Gasteiger partial charge in [-0.15, -0.1) is 0 Å². The van der Waals surface area contributed by atoms with Crippen molar-refractivity contribution in [3.05, 3.63) is 0 Å². The first-order valence-corrected chi connectivity index (χ1v) is 1.43. The number of carbonyl (C=O) groups is 1. The molecule has 0 heterocycles. The molecule has 3 nitrogen and oxygen atoms in total. The fraction of sp³-hybridized carbons (Fsp3) is 0.667. The fourth-order valence-electron chi connectivity index (χ4n) is 0.0833. The zero-order valence-electron chi connectivity index (χ0n) is 4.13. The van der Waals surface area contributed by atoms with Crippen molar-refractivity contribution in [3.63, 3.8) is 0 Å². The minimum atomic E-state index is -0.657. The van der Waals surface area contributed by atoms with Crippen molar-refractivity contribution in [2.45, 2.75) is 0 Å². The third kappa shape index (κ3) is 5.20. The van der Waals surface area contributed by atoms with Crippen LogP contribution in [0.25, 0.3) is 0 Å². The quantitative estimate of drug-likeness (QED) is 0.427. The highest BCUT2D eigenvalue weighted by atomic mass is 19.0. The van der Waals surface area contributed by atoms with Crippen molar-refractivity contribution in [3.8, 4) is 0 Å². The summed E-state index contributed by atoms with van der Waals surface area (Å²) in [7, 11) is 2.51. The normalized spacial score (nSPS) is 6.00. The van der Waals surface area contributed by atoms with Gasteiger partial charge >= 0.3 is 6.16 Å². The summed E-state index contributed by atoms with van der Waals surface area (Å²) in [6, 6.07) is 0. The molecule has 0 aromatic carbocycles. The Hall–Kier alpha value is -0.800. The van der Waals surface area contributed by atoms with E-state index in [1.165, 1.54) is 14.2 Å². The van der Waals surface area contributed by atoms with Gasteiger partial charge in [-0.2, -0.15) is 0 Å². The molecule has 0 N–H and O–H groups in total. The van der Waals surface area contributed by atoms with E-state index in [1.807, 2.05) is 0 Å². The molecule has 0 amide bonds. The second-order valence-electron chi connectivity index (χ2n) is 0.658. The molecule has 0 fully saturated rings. The second-order valence-corrected chi connectivity index (χ2v) is 0.658. The molecule has 4 heteroatoms. The van der Waals surface area contributed by atoms with Gasteiger partial charge in [0.1, 0.15) is 0 Å². The molecule has 0 spiro atoms. The lowest BCUT2D eigenvalue weighted by molar-refractivity contribution is 0.0924. The lowest BCUT2D eigenvalue weighted by Gasteiger charge is -1.89. The summed E-state index contributed by atoms with van der Waals surface area (Å²) in [5.41, 5.74) is 0. The van der Waals surface area contributed by atoms with E-state index < -0.39 is 6.16 Å². The average molecular weight is 110 g/mol. The number of halogens is 1. The van der Waals surface area contributed by atoms with Gasteiger partial charge in [-0.05, 0) is 0 Å². The molecule has 0 radical (unpaired) electrons. The van der Waals surface area contributed by atoms with Crippen LogP contribution >= 0.6 is 0 Å². The molecular weight excluding hydrogens is 103 g/mol. The Morgan fingerprint density at radius 1 is 1.29 bits per heavy atom. The van der Waals surface area contributed by atoms with E-state index >= 15 is 0 Å². The molecule has 0 rings (SSSR count). The van der Waals surface area contributed by atoms with Crippen LogP contribution < -0.4 is 0 Å². The molecule has 0 aliphatic rings. The predicted octanol–water partition coefficient (Wildman–Crippen LogP) is 0.552. The van der Waals surface area contributed by atoms with Gasteiger partial charge in [-0.25, -0.2) is 4.79 Å². The minimum absolute atomic E-state index is 0. The van der Waals surface area contributed by atoms with Gasteiger partial charge in [0.05, 0.1) is 14.2 Å². The third-order valence-corrected chi connectivity index (χ3v) is 0.333. The molecule has 44 valence electrons. The van der Waals surface area contributed by atoms with Crippen molar-refractivity contribution in [2.24, 2.45) is 0 Å². The smallest absolute Gasteiger partial charge is 0.438 e. The van der Waals surface area contributed by atoms with Crippen LogP contribution in [0.1, 0.15) is 0 Å². The molecule has 0 bridgehead atoms. The van der Waals surface area contributed by atoms with Crippen LogP contribution in [0.5, 0.6) is 0 Å². The molecule has 0 aliphatic carbocycles. The van der Waals surface area contributed by atoms with Crippen molar-refractivity contribution >= 4 is 6.16 Å². The molecule has 0 saturated carbocycles. The number of hydrogen-bond acceptors (Lipinski definition) is 3. The largest absolute Gasteiger partial charge is 0.507 e. The molecular formula is C3H7FO3. The SMILES string of the molecule is COC(=O)OC.F. The summed E-state index contributed by atoms with van der Waals surface area (Å²) in [5, 5.41) is 0. The summed E-state index contributed by atoms with van der Waals surface area (Å²) in [6.07, 6.45) is -0.657. The average Bonchev–Trinajstić information content (AvgIpc) is 1.65. The van der Waals surface area contributed by atoms with Crippen LogP contribution in [0, 0.1) is 0 Å². The van der Waals surface area contributed by atoms with Crippen LogP contribution in [0.4, 0.5) is 9.50 Å². The molecule has 0 aromatic heterocycles. The van der Waals surface area contributed by atoms with Gasteiger partial charge in [0.15, 0.2) is 0 Å². The van der Waals surface area contributed by atoms with E-state index in [0.717, 1.165) is 0 Å². The highest BCUT2D eigenvalue weighted by Gasteiger charge is 1.88. The summed E-state index contributed by atoms with van der Waals surface area (Å²) >= 11 is 0. The van der Waals surface area contributed by atoms with Gasteiger partial charge in [0.2, 0.25) is 0 Å². The summed E-state index contributed by atoms with van der Waals surface area (Å²) in [6.45, 7) is 0. The van der Waals surface area contributed by atoms with Crippen LogP contribution in [-0.4, -0.2) is 20.4 Å². The van der Waals surface area contributed by atoms with Crippen molar-refractivity contribution in [1.82, 2.24) is 0 Å².